The summed E-state index contributed by atoms with van der Waals surface area (Å²) in [5.74, 6) is 0.668. The van der Waals surface area contributed by atoms with Crippen LogP contribution in [-0.2, 0) is 18.9 Å². The second kappa shape index (κ2) is 12.6. The molecule has 0 bridgehead atoms. The number of hydrogen-bond acceptors (Lipinski definition) is 10. The maximum Gasteiger partial charge on any atom is 0.415 e. The molecule has 0 aliphatic carbocycles. The van der Waals surface area contributed by atoms with Crippen molar-refractivity contribution in [3.05, 3.63) is 36.2 Å². The third-order valence-electron chi connectivity index (χ3n) is 7.28. The molecule has 13 nitrogen and oxygen atoms in total. The molecule has 2 N–H and O–H groups in total. The molecule has 246 valence electrons. The molecule has 0 saturated carbocycles. The van der Waals surface area contributed by atoms with Crippen molar-refractivity contribution in [3.63, 3.8) is 0 Å². The first-order valence-electron chi connectivity index (χ1n) is 15.2. The Morgan fingerprint density at radius 1 is 0.935 bits per heavy atom. The second-order valence-electron chi connectivity index (χ2n) is 13.5. The van der Waals surface area contributed by atoms with Gasteiger partial charge >= 0.3 is 18.3 Å². The van der Waals surface area contributed by atoms with Crippen LogP contribution in [-0.4, -0.2) is 71.9 Å². The summed E-state index contributed by atoms with van der Waals surface area (Å²) in [5.41, 5.74) is 1.61. The minimum Gasteiger partial charge on any atom is -0.474 e. The lowest BCUT2D eigenvalue weighted by molar-refractivity contribution is 0.0564. The second-order valence-corrected chi connectivity index (χ2v) is 13.5. The Morgan fingerprint density at radius 2 is 1.67 bits per heavy atom. The highest BCUT2D eigenvalue weighted by Gasteiger charge is 2.32. The van der Waals surface area contributed by atoms with Gasteiger partial charge in [-0.3, -0.25) is 15.5 Å². The van der Waals surface area contributed by atoms with E-state index in [1.807, 2.05) is 40.7 Å². The SMILES string of the molecule is Cc1c(-c2cc(NC(=O)OC(C)(C)C)c3cnc(NC(=O)OC4COCC4C)cc3c2)cnc2c1N(C(=O)OC(C)(C)C)CCO2. The summed E-state index contributed by atoms with van der Waals surface area (Å²) in [5, 5.41) is 6.80. The normalized spacial score (nSPS) is 18.0. The molecule has 3 amide bonds. The maximum absolute atomic E-state index is 13.2. The van der Waals surface area contributed by atoms with Gasteiger partial charge in [-0.2, -0.15) is 0 Å². The first-order chi connectivity index (χ1) is 21.6. The van der Waals surface area contributed by atoms with Gasteiger partial charge in [0.1, 0.15) is 35.4 Å². The molecule has 2 atom stereocenters. The largest absolute Gasteiger partial charge is 0.474 e. The number of fused-ring (bicyclic) bond motifs is 2. The summed E-state index contributed by atoms with van der Waals surface area (Å²) in [6.45, 7) is 16.0. The van der Waals surface area contributed by atoms with Crippen LogP contribution in [0.4, 0.5) is 31.6 Å². The highest BCUT2D eigenvalue weighted by molar-refractivity contribution is 6.04. The lowest BCUT2D eigenvalue weighted by Crippen LogP contribution is -2.42. The number of amides is 3. The van der Waals surface area contributed by atoms with Crippen molar-refractivity contribution in [2.24, 2.45) is 5.92 Å². The van der Waals surface area contributed by atoms with Crippen molar-refractivity contribution in [2.45, 2.75) is 72.7 Å². The smallest absolute Gasteiger partial charge is 0.415 e. The standard InChI is InChI=1S/C33H41N5O8/c1-18-16-42-17-25(18)44-29(39)37-26-13-21-11-20(12-24(23(21)15-34-26)36-30(40)45-32(3,4)5)22-14-35-28-27(19(22)2)38(9-10-43-28)31(41)46-33(6,7)8/h11-15,18,25H,9-10,16-17H2,1-8H3,(H,36,40)(H,34,37,39). The topological polar surface area (TPSA) is 150 Å². The fourth-order valence-corrected chi connectivity index (χ4v) is 5.19. The Labute approximate surface area is 267 Å². The zero-order valence-corrected chi connectivity index (χ0v) is 27.5. The fraction of sp³-hybridized carbons (Fsp3) is 0.485. The van der Waals surface area contributed by atoms with E-state index in [-0.39, 0.29) is 24.4 Å². The van der Waals surface area contributed by atoms with Crippen molar-refractivity contribution in [1.82, 2.24) is 9.97 Å². The zero-order chi connectivity index (χ0) is 33.4. The number of nitrogens with one attached hydrogen (secondary N) is 2. The quantitative estimate of drug-likeness (QED) is 0.298. The number of benzene rings is 1. The van der Waals surface area contributed by atoms with Crippen LogP contribution in [0.15, 0.2) is 30.6 Å². The summed E-state index contributed by atoms with van der Waals surface area (Å²) in [7, 11) is 0. The van der Waals surface area contributed by atoms with E-state index < -0.39 is 29.5 Å². The molecule has 1 fully saturated rings. The van der Waals surface area contributed by atoms with E-state index in [1.165, 1.54) is 4.90 Å². The molecule has 0 radical (unpaired) electrons. The third kappa shape index (κ3) is 7.58. The van der Waals surface area contributed by atoms with Gasteiger partial charge in [-0.25, -0.2) is 24.4 Å². The highest BCUT2D eigenvalue weighted by atomic mass is 16.6. The molecule has 2 aromatic heterocycles. The Morgan fingerprint density at radius 3 is 2.35 bits per heavy atom. The first kappa shape index (κ1) is 32.7. The van der Waals surface area contributed by atoms with E-state index in [1.54, 1.807) is 45.3 Å². The number of nitrogens with zero attached hydrogens (tertiary/aromatic N) is 3. The Kier molecular flexibility index (Phi) is 8.98. The minimum atomic E-state index is -0.723. The van der Waals surface area contributed by atoms with E-state index in [4.69, 9.17) is 23.7 Å². The molecular weight excluding hydrogens is 594 g/mol. The molecule has 2 aliphatic heterocycles. The van der Waals surface area contributed by atoms with Gasteiger partial charge in [0.2, 0.25) is 5.88 Å². The lowest BCUT2D eigenvalue weighted by atomic mass is 9.97. The van der Waals surface area contributed by atoms with Gasteiger partial charge in [0.05, 0.1) is 25.4 Å². The molecule has 5 rings (SSSR count). The van der Waals surface area contributed by atoms with Gasteiger partial charge < -0.3 is 23.7 Å². The van der Waals surface area contributed by atoms with Crippen molar-refractivity contribution < 1.29 is 38.1 Å². The van der Waals surface area contributed by atoms with Gasteiger partial charge in [-0.1, -0.05) is 6.92 Å². The Bertz CT molecular complexity index is 1660. The number of carbonyl (C=O) groups excluding carboxylic acids is 3. The van der Waals surface area contributed by atoms with E-state index in [0.717, 1.165) is 5.56 Å². The van der Waals surface area contributed by atoms with Gasteiger partial charge in [-0.15, -0.1) is 0 Å². The van der Waals surface area contributed by atoms with Crippen LogP contribution in [0.3, 0.4) is 0 Å². The van der Waals surface area contributed by atoms with Crippen LogP contribution in [0.5, 0.6) is 5.88 Å². The molecule has 13 heteroatoms. The predicted molar refractivity (Wildman–Crippen MR) is 173 cm³/mol. The van der Waals surface area contributed by atoms with Crippen molar-refractivity contribution in [1.29, 1.82) is 0 Å². The summed E-state index contributed by atoms with van der Waals surface area (Å²) in [4.78, 5) is 49.2. The summed E-state index contributed by atoms with van der Waals surface area (Å²) >= 11 is 0. The number of ether oxygens (including phenoxy) is 5. The molecule has 1 saturated heterocycles. The lowest BCUT2D eigenvalue weighted by Gasteiger charge is -2.32. The fourth-order valence-electron chi connectivity index (χ4n) is 5.19. The molecule has 3 aromatic rings. The number of pyridine rings is 2. The van der Waals surface area contributed by atoms with Gasteiger partial charge in [-0.05, 0) is 83.2 Å². The summed E-state index contributed by atoms with van der Waals surface area (Å²) in [6.07, 6.45) is 1.08. The monoisotopic (exact) mass is 635 g/mol. The molecule has 2 aliphatic rings. The van der Waals surface area contributed by atoms with Gasteiger partial charge in [0.15, 0.2) is 0 Å². The van der Waals surface area contributed by atoms with Crippen LogP contribution in [0, 0.1) is 12.8 Å². The number of hydrogen-bond donors (Lipinski definition) is 2. The molecule has 46 heavy (non-hydrogen) atoms. The number of carbonyl (C=O) groups is 3. The molecular formula is C33H41N5O8. The van der Waals surface area contributed by atoms with Crippen molar-refractivity contribution in [2.75, 3.05) is 41.9 Å². The maximum atomic E-state index is 13.2. The first-order valence-corrected chi connectivity index (χ1v) is 15.2. The zero-order valence-electron chi connectivity index (χ0n) is 27.5. The van der Waals surface area contributed by atoms with E-state index in [2.05, 4.69) is 20.6 Å². The summed E-state index contributed by atoms with van der Waals surface area (Å²) < 4.78 is 27.9. The third-order valence-corrected chi connectivity index (χ3v) is 7.28. The number of aromatic nitrogens is 2. The Balaban J connectivity index is 1.55. The van der Waals surface area contributed by atoms with E-state index in [0.29, 0.717) is 58.9 Å². The molecule has 1 aromatic carbocycles. The van der Waals surface area contributed by atoms with Crippen LogP contribution < -0.4 is 20.3 Å². The highest BCUT2D eigenvalue weighted by Crippen LogP contribution is 2.41. The molecule has 0 spiro atoms. The van der Waals surface area contributed by atoms with Crippen LogP contribution in [0.1, 0.15) is 54.0 Å². The average molecular weight is 636 g/mol. The Hall–Kier alpha value is -4.65. The van der Waals surface area contributed by atoms with Crippen LogP contribution in [0.2, 0.25) is 0 Å². The van der Waals surface area contributed by atoms with Crippen LogP contribution in [0.25, 0.3) is 21.9 Å². The van der Waals surface area contributed by atoms with E-state index >= 15 is 0 Å². The van der Waals surface area contributed by atoms with Crippen molar-refractivity contribution in [3.8, 4) is 17.0 Å². The number of anilines is 3. The predicted octanol–water partition coefficient (Wildman–Crippen LogP) is 6.67. The van der Waals surface area contributed by atoms with Gasteiger partial charge in [0, 0.05) is 29.3 Å². The van der Waals surface area contributed by atoms with Gasteiger partial charge in [0.25, 0.3) is 0 Å². The number of rotatable bonds is 4. The van der Waals surface area contributed by atoms with Crippen molar-refractivity contribution >= 4 is 46.2 Å². The molecule has 2 unspecified atom stereocenters. The average Bonchev–Trinajstić information content (AvgIpc) is 3.34. The van der Waals surface area contributed by atoms with Crippen LogP contribution >= 0.6 is 0 Å². The minimum absolute atomic E-state index is 0.0875. The summed E-state index contributed by atoms with van der Waals surface area (Å²) in [6, 6.07) is 5.36. The van der Waals surface area contributed by atoms with E-state index in [9.17, 15) is 14.4 Å². The molecule has 4 heterocycles.